The predicted octanol–water partition coefficient (Wildman–Crippen LogP) is 1.24. The van der Waals surface area contributed by atoms with Gasteiger partial charge in [0.1, 0.15) is 0 Å². The highest BCUT2D eigenvalue weighted by Crippen LogP contribution is 2.34. The standard InChI is InChI=1S/C15H20N2O3S2/c1-16(12-6-9-22(19,20)11-12)15(18)10-17-7-8-21-14-5-3-2-4-13(14)17/h2-5,12H,6-11H2,1H3/t12-/m1/s1. The first-order valence-electron chi connectivity index (χ1n) is 7.39. The summed E-state index contributed by atoms with van der Waals surface area (Å²) < 4.78 is 23.1. The Balaban J connectivity index is 1.68. The summed E-state index contributed by atoms with van der Waals surface area (Å²) in [4.78, 5) is 17.4. The Morgan fingerprint density at radius 3 is 2.91 bits per heavy atom. The van der Waals surface area contributed by atoms with Crippen molar-refractivity contribution in [3.05, 3.63) is 24.3 Å². The molecule has 0 spiro atoms. The van der Waals surface area contributed by atoms with Gasteiger partial charge in [-0.3, -0.25) is 4.79 Å². The zero-order chi connectivity index (χ0) is 15.7. The highest BCUT2D eigenvalue weighted by molar-refractivity contribution is 7.99. The maximum atomic E-state index is 12.5. The zero-order valence-electron chi connectivity index (χ0n) is 12.6. The number of hydrogen-bond donors (Lipinski definition) is 0. The average molecular weight is 340 g/mol. The molecule has 3 rings (SSSR count). The molecule has 1 aromatic carbocycles. The number of carbonyl (C=O) groups is 1. The molecular formula is C15H20N2O3S2. The van der Waals surface area contributed by atoms with Crippen LogP contribution >= 0.6 is 11.8 Å². The first-order valence-corrected chi connectivity index (χ1v) is 10.2. The van der Waals surface area contributed by atoms with E-state index in [1.807, 2.05) is 30.0 Å². The van der Waals surface area contributed by atoms with E-state index in [1.165, 1.54) is 4.90 Å². The van der Waals surface area contributed by atoms with Crippen LogP contribution in [0, 0.1) is 0 Å². The average Bonchev–Trinajstić information content (AvgIpc) is 2.87. The molecule has 0 N–H and O–H groups in total. The van der Waals surface area contributed by atoms with Gasteiger partial charge in [0.2, 0.25) is 5.91 Å². The number of anilines is 1. The molecule has 0 aromatic heterocycles. The summed E-state index contributed by atoms with van der Waals surface area (Å²) in [6.07, 6.45) is 0.553. The Hall–Kier alpha value is -1.21. The molecular weight excluding hydrogens is 320 g/mol. The smallest absolute Gasteiger partial charge is 0.242 e. The summed E-state index contributed by atoms with van der Waals surface area (Å²) in [5.41, 5.74) is 1.10. The van der Waals surface area contributed by atoms with Crippen LogP contribution < -0.4 is 4.90 Å². The number of para-hydroxylation sites is 1. The molecule has 0 unspecified atom stereocenters. The Bertz CT molecular complexity index is 675. The van der Waals surface area contributed by atoms with E-state index in [2.05, 4.69) is 11.0 Å². The Morgan fingerprint density at radius 2 is 2.18 bits per heavy atom. The van der Waals surface area contributed by atoms with Crippen molar-refractivity contribution in [1.82, 2.24) is 4.90 Å². The minimum absolute atomic E-state index is 0.0104. The van der Waals surface area contributed by atoms with E-state index in [9.17, 15) is 13.2 Å². The van der Waals surface area contributed by atoms with E-state index in [-0.39, 0.29) is 23.5 Å². The van der Waals surface area contributed by atoms with Gasteiger partial charge in [-0.1, -0.05) is 12.1 Å². The van der Waals surface area contributed by atoms with Crippen LogP contribution in [-0.2, 0) is 14.6 Å². The molecule has 2 heterocycles. The van der Waals surface area contributed by atoms with Gasteiger partial charge in [0.05, 0.1) is 23.7 Å². The van der Waals surface area contributed by atoms with Crippen LogP contribution in [0.4, 0.5) is 5.69 Å². The molecule has 2 aliphatic rings. The number of amides is 1. The molecule has 0 radical (unpaired) electrons. The number of hydrogen-bond acceptors (Lipinski definition) is 5. The SMILES string of the molecule is CN(C(=O)CN1CCSc2ccccc21)[C@@H]1CCS(=O)(=O)C1. The van der Waals surface area contributed by atoms with Crippen molar-refractivity contribution in [2.45, 2.75) is 17.4 Å². The second-order valence-electron chi connectivity index (χ2n) is 5.80. The summed E-state index contributed by atoms with van der Waals surface area (Å²) in [6.45, 7) is 1.15. The van der Waals surface area contributed by atoms with E-state index in [0.717, 1.165) is 18.0 Å². The zero-order valence-corrected chi connectivity index (χ0v) is 14.2. The molecule has 0 aliphatic carbocycles. The van der Waals surface area contributed by atoms with Gasteiger partial charge in [0.25, 0.3) is 0 Å². The van der Waals surface area contributed by atoms with Crippen LogP contribution in [0.15, 0.2) is 29.2 Å². The quantitative estimate of drug-likeness (QED) is 0.829. The van der Waals surface area contributed by atoms with Gasteiger partial charge in [0, 0.05) is 30.3 Å². The van der Waals surface area contributed by atoms with Crippen molar-refractivity contribution in [3.8, 4) is 0 Å². The number of thioether (sulfide) groups is 1. The van der Waals surface area contributed by atoms with Crippen molar-refractivity contribution in [1.29, 1.82) is 0 Å². The van der Waals surface area contributed by atoms with Crippen LogP contribution in [0.3, 0.4) is 0 Å². The van der Waals surface area contributed by atoms with Crippen molar-refractivity contribution >= 4 is 33.2 Å². The summed E-state index contributed by atoms with van der Waals surface area (Å²) >= 11 is 1.81. The van der Waals surface area contributed by atoms with Crippen LogP contribution in [0.5, 0.6) is 0 Å². The fourth-order valence-corrected chi connectivity index (χ4v) is 5.78. The Kier molecular flexibility index (Phi) is 4.36. The van der Waals surface area contributed by atoms with E-state index < -0.39 is 9.84 Å². The van der Waals surface area contributed by atoms with Gasteiger partial charge in [-0.05, 0) is 18.6 Å². The molecule has 1 atom stereocenters. The highest BCUT2D eigenvalue weighted by Gasteiger charge is 2.33. The van der Waals surface area contributed by atoms with Gasteiger partial charge in [-0.25, -0.2) is 8.42 Å². The summed E-state index contributed by atoms with van der Waals surface area (Å²) in [6, 6.07) is 7.92. The number of carbonyl (C=O) groups excluding carboxylic acids is 1. The third kappa shape index (κ3) is 3.25. The number of likely N-dealkylation sites (N-methyl/N-ethyl adjacent to an activating group) is 1. The van der Waals surface area contributed by atoms with Gasteiger partial charge < -0.3 is 9.80 Å². The Morgan fingerprint density at radius 1 is 1.41 bits per heavy atom. The molecule has 22 heavy (non-hydrogen) atoms. The lowest BCUT2D eigenvalue weighted by Crippen LogP contribution is -2.45. The number of benzene rings is 1. The van der Waals surface area contributed by atoms with E-state index >= 15 is 0 Å². The van der Waals surface area contributed by atoms with Crippen LogP contribution in [0.2, 0.25) is 0 Å². The van der Waals surface area contributed by atoms with Crippen LogP contribution in [-0.4, -0.2) is 62.7 Å². The number of nitrogens with zero attached hydrogens (tertiary/aromatic N) is 2. The molecule has 0 bridgehead atoms. The third-order valence-electron chi connectivity index (χ3n) is 4.30. The van der Waals surface area contributed by atoms with Gasteiger partial charge in [-0.15, -0.1) is 11.8 Å². The lowest BCUT2D eigenvalue weighted by molar-refractivity contribution is -0.130. The van der Waals surface area contributed by atoms with Gasteiger partial charge in [-0.2, -0.15) is 0 Å². The van der Waals surface area contributed by atoms with Crippen molar-refractivity contribution in [2.24, 2.45) is 0 Å². The topological polar surface area (TPSA) is 57.7 Å². The first kappa shape index (κ1) is 15.7. The normalized spacial score (nSPS) is 23.1. The van der Waals surface area contributed by atoms with Crippen LogP contribution in [0.1, 0.15) is 6.42 Å². The molecule has 1 aromatic rings. The van der Waals surface area contributed by atoms with E-state index in [1.54, 1.807) is 11.9 Å². The van der Waals surface area contributed by atoms with Crippen LogP contribution in [0.25, 0.3) is 0 Å². The molecule has 1 saturated heterocycles. The van der Waals surface area contributed by atoms with E-state index in [0.29, 0.717) is 13.0 Å². The van der Waals surface area contributed by atoms with Crippen molar-refractivity contribution in [3.63, 3.8) is 0 Å². The summed E-state index contributed by atoms with van der Waals surface area (Å²) in [5, 5.41) is 0. The number of sulfone groups is 1. The lowest BCUT2D eigenvalue weighted by Gasteiger charge is -2.32. The fraction of sp³-hybridized carbons (Fsp3) is 0.533. The lowest BCUT2D eigenvalue weighted by atomic mass is 10.2. The van der Waals surface area contributed by atoms with Crippen molar-refractivity contribution < 1.29 is 13.2 Å². The second-order valence-corrected chi connectivity index (χ2v) is 9.16. The predicted molar refractivity (Wildman–Crippen MR) is 89.2 cm³/mol. The van der Waals surface area contributed by atoms with Gasteiger partial charge >= 0.3 is 0 Å². The summed E-state index contributed by atoms with van der Waals surface area (Å²) in [7, 11) is -1.25. The minimum atomic E-state index is -2.97. The third-order valence-corrected chi connectivity index (χ3v) is 7.09. The molecule has 2 aliphatic heterocycles. The maximum Gasteiger partial charge on any atom is 0.242 e. The Labute approximate surface area is 135 Å². The molecule has 120 valence electrons. The van der Waals surface area contributed by atoms with E-state index in [4.69, 9.17) is 0 Å². The molecule has 7 heteroatoms. The van der Waals surface area contributed by atoms with Crippen molar-refractivity contribution in [2.75, 3.05) is 42.3 Å². The fourth-order valence-electron chi connectivity index (χ4n) is 2.95. The number of fused-ring (bicyclic) bond motifs is 1. The monoisotopic (exact) mass is 340 g/mol. The largest absolute Gasteiger partial charge is 0.360 e. The first-order chi connectivity index (χ1) is 10.5. The summed E-state index contributed by atoms with van der Waals surface area (Å²) in [5.74, 6) is 1.25. The number of rotatable bonds is 3. The minimum Gasteiger partial charge on any atom is -0.360 e. The molecule has 1 fully saturated rings. The molecule has 5 nitrogen and oxygen atoms in total. The molecule has 1 amide bonds. The molecule has 0 saturated carbocycles. The van der Waals surface area contributed by atoms with Gasteiger partial charge in [0.15, 0.2) is 9.84 Å². The maximum absolute atomic E-state index is 12.5. The highest BCUT2D eigenvalue weighted by atomic mass is 32.2. The second kappa shape index (κ2) is 6.12.